The summed E-state index contributed by atoms with van der Waals surface area (Å²) in [6.07, 6.45) is 0.156. The SMILES string of the molecule is CC(=O)Nc1cc(NC(=O)Cc2ccc(F)cc2)ccc1C. The van der Waals surface area contributed by atoms with Gasteiger partial charge in [0.15, 0.2) is 0 Å². The van der Waals surface area contributed by atoms with Crippen LogP contribution in [0, 0.1) is 12.7 Å². The average molecular weight is 300 g/mol. The number of carbonyl (C=O) groups is 2. The molecule has 0 spiro atoms. The summed E-state index contributed by atoms with van der Waals surface area (Å²) in [6.45, 7) is 3.30. The molecule has 0 bridgehead atoms. The second kappa shape index (κ2) is 6.85. The van der Waals surface area contributed by atoms with Crippen LogP contribution in [0.2, 0.25) is 0 Å². The quantitative estimate of drug-likeness (QED) is 0.910. The van der Waals surface area contributed by atoms with Crippen molar-refractivity contribution in [2.24, 2.45) is 0 Å². The van der Waals surface area contributed by atoms with Crippen LogP contribution in [0.3, 0.4) is 0 Å². The number of carbonyl (C=O) groups excluding carboxylic acids is 2. The summed E-state index contributed by atoms with van der Waals surface area (Å²) >= 11 is 0. The molecule has 4 nitrogen and oxygen atoms in total. The molecule has 0 saturated heterocycles. The van der Waals surface area contributed by atoms with Gasteiger partial charge in [-0.15, -0.1) is 0 Å². The molecule has 2 amide bonds. The van der Waals surface area contributed by atoms with Crippen molar-refractivity contribution in [1.29, 1.82) is 0 Å². The summed E-state index contributed by atoms with van der Waals surface area (Å²) in [6, 6.07) is 11.1. The van der Waals surface area contributed by atoms with E-state index in [1.165, 1.54) is 19.1 Å². The second-order valence-corrected chi connectivity index (χ2v) is 5.06. The molecule has 2 rings (SSSR count). The van der Waals surface area contributed by atoms with Crippen molar-refractivity contribution in [2.75, 3.05) is 10.6 Å². The smallest absolute Gasteiger partial charge is 0.228 e. The maximum Gasteiger partial charge on any atom is 0.228 e. The van der Waals surface area contributed by atoms with Crippen molar-refractivity contribution < 1.29 is 14.0 Å². The van der Waals surface area contributed by atoms with Gasteiger partial charge in [0.1, 0.15) is 5.82 Å². The van der Waals surface area contributed by atoms with Gasteiger partial charge in [-0.2, -0.15) is 0 Å². The summed E-state index contributed by atoms with van der Waals surface area (Å²) in [5.41, 5.74) is 2.90. The standard InChI is InChI=1S/C17H17FN2O2/c1-11-3-8-15(10-16(11)19-12(2)21)20-17(22)9-13-4-6-14(18)7-5-13/h3-8,10H,9H2,1-2H3,(H,19,21)(H,20,22). The molecule has 0 aliphatic carbocycles. The van der Waals surface area contributed by atoms with Gasteiger partial charge in [0.2, 0.25) is 11.8 Å². The fourth-order valence-electron chi connectivity index (χ4n) is 2.02. The van der Waals surface area contributed by atoms with Crippen molar-refractivity contribution in [3.05, 3.63) is 59.4 Å². The van der Waals surface area contributed by atoms with E-state index >= 15 is 0 Å². The first-order valence-electron chi connectivity index (χ1n) is 6.86. The highest BCUT2D eigenvalue weighted by molar-refractivity contribution is 5.94. The molecule has 0 aromatic heterocycles. The second-order valence-electron chi connectivity index (χ2n) is 5.06. The van der Waals surface area contributed by atoms with E-state index in [1.807, 2.05) is 13.0 Å². The number of halogens is 1. The Morgan fingerprint density at radius 1 is 1.05 bits per heavy atom. The Labute approximate surface area is 128 Å². The lowest BCUT2D eigenvalue weighted by Crippen LogP contribution is -2.15. The molecule has 0 radical (unpaired) electrons. The first-order chi connectivity index (χ1) is 10.4. The highest BCUT2D eigenvalue weighted by atomic mass is 19.1. The molecule has 0 aliphatic heterocycles. The van der Waals surface area contributed by atoms with Crippen LogP contribution in [0.4, 0.5) is 15.8 Å². The van der Waals surface area contributed by atoms with Crippen LogP contribution >= 0.6 is 0 Å². The molecule has 0 unspecified atom stereocenters. The third-order valence-electron chi connectivity index (χ3n) is 3.11. The van der Waals surface area contributed by atoms with Crippen LogP contribution in [0.5, 0.6) is 0 Å². The minimum Gasteiger partial charge on any atom is -0.326 e. The molecule has 114 valence electrons. The third-order valence-corrected chi connectivity index (χ3v) is 3.11. The maximum absolute atomic E-state index is 12.8. The lowest BCUT2D eigenvalue weighted by atomic mass is 10.1. The predicted octanol–water partition coefficient (Wildman–Crippen LogP) is 3.27. The Morgan fingerprint density at radius 2 is 1.73 bits per heavy atom. The number of nitrogens with one attached hydrogen (secondary N) is 2. The highest BCUT2D eigenvalue weighted by Crippen LogP contribution is 2.20. The summed E-state index contributed by atoms with van der Waals surface area (Å²) < 4.78 is 12.8. The predicted molar refractivity (Wildman–Crippen MR) is 84.2 cm³/mol. The van der Waals surface area contributed by atoms with Crippen LogP contribution in [0.15, 0.2) is 42.5 Å². The van der Waals surface area contributed by atoms with Crippen molar-refractivity contribution in [3.63, 3.8) is 0 Å². The zero-order chi connectivity index (χ0) is 16.1. The van der Waals surface area contributed by atoms with Crippen LogP contribution in [-0.2, 0) is 16.0 Å². The zero-order valence-electron chi connectivity index (χ0n) is 12.4. The maximum atomic E-state index is 12.8. The molecule has 22 heavy (non-hydrogen) atoms. The Kier molecular flexibility index (Phi) is 4.88. The van der Waals surface area contributed by atoms with Gasteiger partial charge in [0, 0.05) is 18.3 Å². The number of hydrogen-bond acceptors (Lipinski definition) is 2. The van der Waals surface area contributed by atoms with Gasteiger partial charge in [-0.3, -0.25) is 9.59 Å². The topological polar surface area (TPSA) is 58.2 Å². The molecular weight excluding hydrogens is 283 g/mol. The number of anilines is 2. The van der Waals surface area contributed by atoms with E-state index < -0.39 is 0 Å². The summed E-state index contributed by atoms with van der Waals surface area (Å²) in [5.74, 6) is -0.704. The lowest BCUT2D eigenvalue weighted by Gasteiger charge is -2.10. The molecule has 2 aromatic carbocycles. The summed E-state index contributed by atoms with van der Waals surface area (Å²) in [4.78, 5) is 23.1. The highest BCUT2D eigenvalue weighted by Gasteiger charge is 2.07. The first-order valence-corrected chi connectivity index (χ1v) is 6.86. The van der Waals surface area contributed by atoms with E-state index in [0.717, 1.165) is 11.1 Å². The molecule has 5 heteroatoms. The lowest BCUT2D eigenvalue weighted by molar-refractivity contribution is -0.115. The van der Waals surface area contributed by atoms with Gasteiger partial charge >= 0.3 is 0 Å². The van der Waals surface area contributed by atoms with E-state index in [9.17, 15) is 14.0 Å². The number of hydrogen-bond donors (Lipinski definition) is 2. The molecular formula is C17H17FN2O2. The summed E-state index contributed by atoms with van der Waals surface area (Å²) in [7, 11) is 0. The zero-order valence-corrected chi connectivity index (χ0v) is 12.4. The van der Waals surface area contributed by atoms with Gasteiger partial charge in [0.25, 0.3) is 0 Å². The van der Waals surface area contributed by atoms with Crippen molar-refractivity contribution in [2.45, 2.75) is 20.3 Å². The average Bonchev–Trinajstić information content (AvgIpc) is 2.44. The van der Waals surface area contributed by atoms with E-state index in [-0.39, 0.29) is 24.1 Å². The van der Waals surface area contributed by atoms with Crippen LogP contribution in [-0.4, -0.2) is 11.8 Å². The summed E-state index contributed by atoms with van der Waals surface area (Å²) in [5, 5.41) is 5.47. The Bertz CT molecular complexity index is 696. The van der Waals surface area contributed by atoms with Crippen molar-refractivity contribution >= 4 is 23.2 Å². The molecule has 0 heterocycles. The fraction of sp³-hybridized carbons (Fsp3) is 0.176. The van der Waals surface area contributed by atoms with Crippen molar-refractivity contribution in [1.82, 2.24) is 0 Å². The van der Waals surface area contributed by atoms with Gasteiger partial charge in [-0.05, 0) is 42.3 Å². The van der Waals surface area contributed by atoms with E-state index in [4.69, 9.17) is 0 Å². The normalized spacial score (nSPS) is 10.1. The van der Waals surface area contributed by atoms with E-state index in [0.29, 0.717) is 11.4 Å². The Morgan fingerprint density at radius 3 is 2.36 bits per heavy atom. The Hall–Kier alpha value is -2.69. The number of rotatable bonds is 4. The minimum atomic E-state index is -0.331. The third kappa shape index (κ3) is 4.41. The van der Waals surface area contributed by atoms with Crippen LogP contribution < -0.4 is 10.6 Å². The van der Waals surface area contributed by atoms with E-state index in [2.05, 4.69) is 10.6 Å². The van der Waals surface area contributed by atoms with Crippen molar-refractivity contribution in [3.8, 4) is 0 Å². The number of amides is 2. The minimum absolute atomic E-state index is 0.156. The van der Waals surface area contributed by atoms with Gasteiger partial charge in [-0.25, -0.2) is 4.39 Å². The van der Waals surface area contributed by atoms with Gasteiger partial charge in [0.05, 0.1) is 6.42 Å². The van der Waals surface area contributed by atoms with E-state index in [1.54, 1.807) is 24.3 Å². The van der Waals surface area contributed by atoms with Crippen LogP contribution in [0.25, 0.3) is 0 Å². The molecule has 2 N–H and O–H groups in total. The largest absolute Gasteiger partial charge is 0.326 e. The van der Waals surface area contributed by atoms with Gasteiger partial charge < -0.3 is 10.6 Å². The number of benzene rings is 2. The molecule has 0 aliphatic rings. The fourth-order valence-corrected chi connectivity index (χ4v) is 2.02. The molecule has 2 aromatic rings. The van der Waals surface area contributed by atoms with Gasteiger partial charge in [-0.1, -0.05) is 18.2 Å². The molecule has 0 atom stereocenters. The molecule has 0 fully saturated rings. The number of aryl methyl sites for hydroxylation is 1. The molecule has 0 saturated carbocycles. The Balaban J connectivity index is 2.05. The monoisotopic (exact) mass is 300 g/mol. The van der Waals surface area contributed by atoms with Crippen LogP contribution in [0.1, 0.15) is 18.1 Å². The first kappa shape index (κ1) is 15.7.